The molecule has 2 heterocycles. The molecule has 0 spiro atoms. The molecular formula is C21H21N3O. The highest BCUT2D eigenvalue weighted by atomic mass is 16.5. The molecule has 1 saturated heterocycles. The number of fused-ring (bicyclic) bond motifs is 1. The van der Waals surface area contributed by atoms with Gasteiger partial charge < -0.3 is 4.74 Å². The van der Waals surface area contributed by atoms with Crippen molar-refractivity contribution in [3.8, 4) is 17.0 Å². The van der Waals surface area contributed by atoms with E-state index in [9.17, 15) is 0 Å². The van der Waals surface area contributed by atoms with Crippen LogP contribution in [0.1, 0.15) is 12.8 Å². The Bertz CT molecular complexity index is 889. The molecule has 2 aliphatic rings. The van der Waals surface area contributed by atoms with E-state index in [1.54, 1.807) is 0 Å². The highest BCUT2D eigenvalue weighted by Crippen LogP contribution is 2.33. The molecule has 0 N–H and O–H groups in total. The predicted octanol–water partition coefficient (Wildman–Crippen LogP) is 3.77. The van der Waals surface area contributed by atoms with Gasteiger partial charge in [0.05, 0.1) is 29.0 Å². The summed E-state index contributed by atoms with van der Waals surface area (Å²) in [5.41, 5.74) is 3.80. The normalized spacial score (nSPS) is 22.1. The minimum Gasteiger partial charge on any atom is -0.492 e. The van der Waals surface area contributed by atoms with Gasteiger partial charge >= 0.3 is 0 Å². The summed E-state index contributed by atoms with van der Waals surface area (Å²) in [7, 11) is 0. The monoisotopic (exact) mass is 331 g/mol. The van der Waals surface area contributed by atoms with Gasteiger partial charge in [0.2, 0.25) is 0 Å². The third-order valence-corrected chi connectivity index (χ3v) is 5.06. The summed E-state index contributed by atoms with van der Waals surface area (Å²) in [6.45, 7) is 3.26. The maximum absolute atomic E-state index is 5.95. The van der Waals surface area contributed by atoms with Crippen LogP contribution in [0.25, 0.3) is 22.3 Å². The van der Waals surface area contributed by atoms with E-state index in [0.717, 1.165) is 40.6 Å². The molecule has 4 nitrogen and oxygen atoms in total. The first-order chi connectivity index (χ1) is 12.3. The molecule has 2 unspecified atom stereocenters. The van der Waals surface area contributed by atoms with E-state index >= 15 is 0 Å². The Hall–Kier alpha value is -2.46. The lowest BCUT2D eigenvalue weighted by Crippen LogP contribution is -2.12. The van der Waals surface area contributed by atoms with Gasteiger partial charge in [-0.05, 0) is 55.2 Å². The number of hydrogen-bond donors (Lipinski definition) is 0. The molecule has 1 aromatic heterocycles. The molecule has 0 bridgehead atoms. The van der Waals surface area contributed by atoms with E-state index in [0.29, 0.717) is 6.04 Å². The lowest BCUT2D eigenvalue weighted by Gasteiger charge is -2.08. The lowest BCUT2D eigenvalue weighted by atomic mass is 10.1. The first-order valence-corrected chi connectivity index (χ1v) is 9.04. The van der Waals surface area contributed by atoms with Crippen molar-refractivity contribution >= 4 is 11.0 Å². The summed E-state index contributed by atoms with van der Waals surface area (Å²) in [6.07, 6.45) is 4.67. The molecule has 126 valence electrons. The van der Waals surface area contributed by atoms with Crippen LogP contribution in [-0.2, 0) is 0 Å². The van der Waals surface area contributed by atoms with Crippen LogP contribution in [0.3, 0.4) is 0 Å². The second-order valence-electron chi connectivity index (χ2n) is 7.13. The maximum Gasteiger partial charge on any atom is 0.119 e. The van der Waals surface area contributed by atoms with Crippen molar-refractivity contribution in [3.63, 3.8) is 0 Å². The number of hydrogen-bond acceptors (Lipinski definition) is 4. The number of rotatable bonds is 6. The molecular weight excluding hydrogens is 310 g/mol. The Morgan fingerprint density at radius 2 is 1.80 bits per heavy atom. The summed E-state index contributed by atoms with van der Waals surface area (Å²) >= 11 is 0. The predicted molar refractivity (Wildman–Crippen MR) is 98.6 cm³/mol. The second-order valence-corrected chi connectivity index (χ2v) is 7.13. The van der Waals surface area contributed by atoms with Gasteiger partial charge in [-0.15, -0.1) is 0 Å². The van der Waals surface area contributed by atoms with Crippen LogP contribution in [0.15, 0.2) is 54.7 Å². The van der Waals surface area contributed by atoms with Crippen molar-refractivity contribution in [1.29, 1.82) is 0 Å². The molecule has 5 rings (SSSR count). The highest BCUT2D eigenvalue weighted by molar-refractivity contribution is 5.76. The Balaban J connectivity index is 1.23. The van der Waals surface area contributed by atoms with Gasteiger partial charge in [0.15, 0.2) is 0 Å². The van der Waals surface area contributed by atoms with Gasteiger partial charge in [0, 0.05) is 18.7 Å². The molecule has 2 aromatic carbocycles. The number of benzene rings is 2. The van der Waals surface area contributed by atoms with E-state index in [4.69, 9.17) is 9.72 Å². The maximum atomic E-state index is 5.95. The Kier molecular flexibility index (Phi) is 3.63. The number of aromatic nitrogens is 2. The number of ether oxygens (including phenoxy) is 1. The summed E-state index contributed by atoms with van der Waals surface area (Å²) < 4.78 is 5.95. The SMILES string of the molecule is c1ccc2nc(-c3ccc(OCC4CN4CC4CC4)cc3)cnc2c1. The molecule has 2 fully saturated rings. The summed E-state index contributed by atoms with van der Waals surface area (Å²) in [5, 5.41) is 0. The van der Waals surface area contributed by atoms with Crippen LogP contribution in [0, 0.1) is 5.92 Å². The first-order valence-electron chi connectivity index (χ1n) is 9.04. The van der Waals surface area contributed by atoms with Crippen LogP contribution in [-0.4, -0.2) is 40.6 Å². The quantitative estimate of drug-likeness (QED) is 0.645. The standard InChI is InChI=1S/C21H21N3O/c1-2-4-20-19(3-1)22-11-21(23-20)16-7-9-18(10-8-16)25-14-17-13-24(17)12-15-5-6-15/h1-4,7-11,15,17H,5-6,12-14H2. The third kappa shape index (κ3) is 3.35. The van der Waals surface area contributed by atoms with E-state index in [-0.39, 0.29) is 0 Å². The smallest absolute Gasteiger partial charge is 0.119 e. The summed E-state index contributed by atoms with van der Waals surface area (Å²) in [4.78, 5) is 11.7. The fourth-order valence-electron chi connectivity index (χ4n) is 3.25. The second kappa shape index (κ2) is 6.12. The Morgan fingerprint density at radius 1 is 1.00 bits per heavy atom. The molecule has 1 aliphatic heterocycles. The molecule has 1 aliphatic carbocycles. The first kappa shape index (κ1) is 14.8. The van der Waals surface area contributed by atoms with Crippen molar-refractivity contribution in [1.82, 2.24) is 14.9 Å². The van der Waals surface area contributed by atoms with Gasteiger partial charge in [-0.2, -0.15) is 0 Å². The zero-order valence-electron chi connectivity index (χ0n) is 14.1. The van der Waals surface area contributed by atoms with E-state index in [1.165, 1.54) is 25.9 Å². The lowest BCUT2D eigenvalue weighted by molar-refractivity contribution is 0.292. The van der Waals surface area contributed by atoms with E-state index in [2.05, 4.69) is 22.0 Å². The molecule has 4 heteroatoms. The van der Waals surface area contributed by atoms with Crippen molar-refractivity contribution in [2.75, 3.05) is 19.7 Å². The van der Waals surface area contributed by atoms with Crippen molar-refractivity contribution in [2.45, 2.75) is 18.9 Å². The molecule has 0 amide bonds. The highest BCUT2D eigenvalue weighted by Gasteiger charge is 2.38. The molecule has 2 atom stereocenters. The topological polar surface area (TPSA) is 38.0 Å². The van der Waals surface area contributed by atoms with Crippen LogP contribution in [0.5, 0.6) is 5.75 Å². The molecule has 25 heavy (non-hydrogen) atoms. The Labute approximate surface area is 147 Å². The summed E-state index contributed by atoms with van der Waals surface area (Å²) in [6, 6.07) is 16.7. The number of nitrogens with zero attached hydrogens (tertiary/aromatic N) is 3. The number of para-hydroxylation sites is 2. The minimum atomic E-state index is 0.617. The molecule has 0 radical (unpaired) electrons. The largest absolute Gasteiger partial charge is 0.492 e. The fraction of sp³-hybridized carbons (Fsp3) is 0.333. The zero-order valence-corrected chi connectivity index (χ0v) is 14.1. The van der Waals surface area contributed by atoms with Crippen LogP contribution in [0.2, 0.25) is 0 Å². The third-order valence-electron chi connectivity index (χ3n) is 5.06. The van der Waals surface area contributed by atoms with Gasteiger partial charge in [0.25, 0.3) is 0 Å². The average Bonchev–Trinajstić information content (AvgIpc) is 3.59. The van der Waals surface area contributed by atoms with Gasteiger partial charge in [-0.3, -0.25) is 9.88 Å². The fourth-order valence-corrected chi connectivity index (χ4v) is 3.25. The summed E-state index contributed by atoms with van der Waals surface area (Å²) in [5.74, 6) is 1.89. The van der Waals surface area contributed by atoms with Crippen molar-refractivity contribution in [2.24, 2.45) is 5.92 Å². The Morgan fingerprint density at radius 3 is 2.60 bits per heavy atom. The van der Waals surface area contributed by atoms with Crippen LogP contribution < -0.4 is 4.74 Å². The molecule has 3 aromatic rings. The van der Waals surface area contributed by atoms with Crippen LogP contribution in [0.4, 0.5) is 0 Å². The van der Waals surface area contributed by atoms with Crippen molar-refractivity contribution in [3.05, 3.63) is 54.7 Å². The zero-order chi connectivity index (χ0) is 16.6. The van der Waals surface area contributed by atoms with Gasteiger partial charge in [0.1, 0.15) is 12.4 Å². The van der Waals surface area contributed by atoms with E-state index < -0.39 is 0 Å². The van der Waals surface area contributed by atoms with E-state index in [1.807, 2.05) is 42.6 Å². The average molecular weight is 331 g/mol. The molecule has 1 saturated carbocycles. The van der Waals surface area contributed by atoms with Gasteiger partial charge in [-0.25, -0.2) is 4.98 Å². The van der Waals surface area contributed by atoms with Gasteiger partial charge in [-0.1, -0.05) is 12.1 Å². The minimum absolute atomic E-state index is 0.617. The van der Waals surface area contributed by atoms with Crippen molar-refractivity contribution < 1.29 is 4.74 Å². The van der Waals surface area contributed by atoms with Crippen LogP contribution >= 0.6 is 0 Å².